The predicted molar refractivity (Wildman–Crippen MR) is 71.3 cm³/mol. The van der Waals surface area contributed by atoms with E-state index in [1.165, 1.54) is 32.2 Å². The number of hydrogen-bond acceptors (Lipinski definition) is 3. The maximum atomic E-state index is 5.73. The maximum absolute atomic E-state index is 5.73. The molecule has 2 saturated heterocycles. The molecule has 100 valence electrons. The molecule has 0 spiro atoms. The Bertz CT molecular complexity index is 226. The zero-order valence-corrected chi connectivity index (χ0v) is 11.4. The molecule has 2 N–H and O–H groups in total. The number of ether oxygens (including phenoxy) is 1. The minimum Gasteiger partial charge on any atom is -0.378 e. The largest absolute Gasteiger partial charge is 0.378 e. The molecule has 0 bridgehead atoms. The minimum atomic E-state index is 0.319. The highest BCUT2D eigenvalue weighted by atomic mass is 16.5. The lowest BCUT2D eigenvalue weighted by atomic mass is 9.90. The van der Waals surface area contributed by atoms with Gasteiger partial charge in [-0.25, -0.2) is 0 Å². The van der Waals surface area contributed by atoms with Gasteiger partial charge in [-0.3, -0.25) is 0 Å². The molecule has 3 heteroatoms. The van der Waals surface area contributed by atoms with Gasteiger partial charge < -0.3 is 15.4 Å². The summed E-state index contributed by atoms with van der Waals surface area (Å²) in [4.78, 5) is 0. The van der Waals surface area contributed by atoms with Gasteiger partial charge in [0.2, 0.25) is 0 Å². The Morgan fingerprint density at radius 1 is 1.41 bits per heavy atom. The zero-order chi connectivity index (χ0) is 12.1. The van der Waals surface area contributed by atoms with E-state index in [1.54, 1.807) is 0 Å². The van der Waals surface area contributed by atoms with E-state index in [2.05, 4.69) is 24.5 Å². The minimum absolute atomic E-state index is 0.319. The van der Waals surface area contributed by atoms with Crippen molar-refractivity contribution in [1.82, 2.24) is 10.6 Å². The summed E-state index contributed by atoms with van der Waals surface area (Å²) in [5.41, 5.74) is 0.319. The normalized spacial score (nSPS) is 38.5. The van der Waals surface area contributed by atoms with Crippen LogP contribution in [0, 0.1) is 5.92 Å². The molecule has 0 aromatic rings. The second-order valence-corrected chi connectivity index (χ2v) is 5.94. The van der Waals surface area contributed by atoms with Crippen LogP contribution in [0.3, 0.4) is 0 Å². The van der Waals surface area contributed by atoms with Crippen LogP contribution in [0.4, 0.5) is 0 Å². The fourth-order valence-electron chi connectivity index (χ4n) is 3.18. The van der Waals surface area contributed by atoms with Crippen molar-refractivity contribution in [2.24, 2.45) is 5.92 Å². The van der Waals surface area contributed by atoms with E-state index in [4.69, 9.17) is 4.74 Å². The van der Waals surface area contributed by atoms with Crippen LogP contribution in [0.15, 0.2) is 0 Å². The van der Waals surface area contributed by atoms with Gasteiger partial charge in [0.25, 0.3) is 0 Å². The van der Waals surface area contributed by atoms with Crippen LogP contribution in [0.2, 0.25) is 0 Å². The van der Waals surface area contributed by atoms with Gasteiger partial charge in [0, 0.05) is 25.2 Å². The van der Waals surface area contributed by atoms with Crippen molar-refractivity contribution in [3.63, 3.8) is 0 Å². The molecular weight excluding hydrogens is 212 g/mol. The molecule has 0 amide bonds. The van der Waals surface area contributed by atoms with Crippen LogP contribution in [0.1, 0.15) is 46.0 Å². The highest BCUT2D eigenvalue weighted by Gasteiger charge is 2.29. The van der Waals surface area contributed by atoms with Crippen LogP contribution >= 0.6 is 0 Å². The zero-order valence-electron chi connectivity index (χ0n) is 11.4. The number of hydrogen-bond donors (Lipinski definition) is 2. The van der Waals surface area contributed by atoms with Crippen molar-refractivity contribution in [2.75, 3.05) is 26.2 Å². The molecule has 3 atom stereocenters. The van der Waals surface area contributed by atoms with Gasteiger partial charge in [0.05, 0.1) is 6.10 Å². The van der Waals surface area contributed by atoms with Gasteiger partial charge in [-0.15, -0.1) is 0 Å². The quantitative estimate of drug-likeness (QED) is 0.770. The summed E-state index contributed by atoms with van der Waals surface area (Å²) < 4.78 is 5.73. The molecule has 2 heterocycles. The van der Waals surface area contributed by atoms with Crippen LogP contribution < -0.4 is 10.6 Å². The number of rotatable bonds is 5. The first-order valence-corrected chi connectivity index (χ1v) is 7.31. The second-order valence-electron chi connectivity index (χ2n) is 5.94. The molecule has 2 rings (SSSR count). The molecule has 0 saturated carbocycles. The lowest BCUT2D eigenvalue weighted by Gasteiger charge is -2.35. The summed E-state index contributed by atoms with van der Waals surface area (Å²) in [6.45, 7) is 8.94. The van der Waals surface area contributed by atoms with Gasteiger partial charge >= 0.3 is 0 Å². The first kappa shape index (κ1) is 13.3. The molecule has 0 aromatic carbocycles. The van der Waals surface area contributed by atoms with Crippen molar-refractivity contribution < 1.29 is 4.74 Å². The van der Waals surface area contributed by atoms with E-state index in [9.17, 15) is 0 Å². The van der Waals surface area contributed by atoms with E-state index in [1.807, 2.05) is 0 Å². The Kier molecular flexibility index (Phi) is 4.83. The topological polar surface area (TPSA) is 33.3 Å². The molecule has 2 fully saturated rings. The lowest BCUT2D eigenvalue weighted by molar-refractivity contribution is 0.0866. The van der Waals surface area contributed by atoms with E-state index >= 15 is 0 Å². The Hall–Kier alpha value is -0.120. The van der Waals surface area contributed by atoms with Crippen molar-refractivity contribution in [1.29, 1.82) is 0 Å². The van der Waals surface area contributed by atoms with Crippen LogP contribution in [0.25, 0.3) is 0 Å². The van der Waals surface area contributed by atoms with E-state index in [-0.39, 0.29) is 0 Å². The van der Waals surface area contributed by atoms with E-state index in [0.29, 0.717) is 11.6 Å². The molecule has 3 unspecified atom stereocenters. The van der Waals surface area contributed by atoms with Gasteiger partial charge in [-0.2, -0.15) is 0 Å². The Balaban J connectivity index is 1.68. The fraction of sp³-hybridized carbons (Fsp3) is 1.00. The molecule has 3 nitrogen and oxygen atoms in total. The third kappa shape index (κ3) is 3.67. The molecule has 0 aliphatic carbocycles. The summed E-state index contributed by atoms with van der Waals surface area (Å²) >= 11 is 0. The van der Waals surface area contributed by atoms with Crippen molar-refractivity contribution in [3.8, 4) is 0 Å². The highest BCUT2D eigenvalue weighted by Crippen LogP contribution is 2.23. The first-order valence-electron chi connectivity index (χ1n) is 7.31. The van der Waals surface area contributed by atoms with E-state index < -0.39 is 0 Å². The molecule has 0 radical (unpaired) electrons. The monoisotopic (exact) mass is 240 g/mol. The highest BCUT2D eigenvalue weighted by molar-refractivity contribution is 4.89. The first-order chi connectivity index (χ1) is 8.23. The van der Waals surface area contributed by atoms with E-state index in [0.717, 1.165) is 32.0 Å². The van der Waals surface area contributed by atoms with Gasteiger partial charge in [-0.1, -0.05) is 13.3 Å². The van der Waals surface area contributed by atoms with Gasteiger partial charge in [-0.05, 0) is 45.1 Å². The summed E-state index contributed by atoms with van der Waals surface area (Å²) in [7, 11) is 0. The van der Waals surface area contributed by atoms with Gasteiger partial charge in [0.1, 0.15) is 0 Å². The molecule has 17 heavy (non-hydrogen) atoms. The Labute approximate surface area is 106 Å². The smallest absolute Gasteiger partial charge is 0.0613 e. The Morgan fingerprint density at radius 3 is 3.00 bits per heavy atom. The van der Waals surface area contributed by atoms with Crippen LogP contribution in [-0.2, 0) is 4.74 Å². The van der Waals surface area contributed by atoms with Crippen LogP contribution in [0.5, 0.6) is 0 Å². The summed E-state index contributed by atoms with van der Waals surface area (Å²) in [5.74, 6) is 0.729. The average molecular weight is 240 g/mol. The fourth-order valence-corrected chi connectivity index (χ4v) is 3.18. The molecule has 2 aliphatic heterocycles. The predicted octanol–water partition coefficient (Wildman–Crippen LogP) is 1.92. The maximum Gasteiger partial charge on any atom is 0.0613 e. The average Bonchev–Trinajstić information content (AvgIpc) is 2.77. The summed E-state index contributed by atoms with van der Waals surface area (Å²) in [6.07, 6.45) is 6.89. The standard InChI is InChI=1S/C14H28N2O/c1-3-13-12(6-9-17-13)10-15-11-14(2)7-4-5-8-16-14/h12-13,15-16H,3-11H2,1-2H3. The molecular formula is C14H28N2O. The number of nitrogens with one attached hydrogen (secondary N) is 2. The second kappa shape index (κ2) is 6.17. The van der Waals surface area contributed by atoms with Crippen molar-refractivity contribution in [3.05, 3.63) is 0 Å². The van der Waals surface area contributed by atoms with Crippen molar-refractivity contribution in [2.45, 2.75) is 57.6 Å². The summed E-state index contributed by atoms with van der Waals surface area (Å²) in [6, 6.07) is 0. The van der Waals surface area contributed by atoms with Crippen LogP contribution in [-0.4, -0.2) is 37.9 Å². The number of piperidine rings is 1. The van der Waals surface area contributed by atoms with Crippen molar-refractivity contribution >= 4 is 0 Å². The Morgan fingerprint density at radius 2 is 2.29 bits per heavy atom. The molecule has 2 aliphatic rings. The summed E-state index contributed by atoms with van der Waals surface area (Å²) in [5, 5.41) is 7.31. The lowest BCUT2D eigenvalue weighted by Crippen LogP contribution is -2.53. The SMILES string of the molecule is CCC1OCCC1CNCC1(C)CCCCN1. The molecule has 0 aromatic heterocycles. The third-order valence-electron chi connectivity index (χ3n) is 4.38. The third-order valence-corrected chi connectivity index (χ3v) is 4.38. The van der Waals surface area contributed by atoms with Gasteiger partial charge in [0.15, 0.2) is 0 Å².